The minimum Gasteiger partial charge on any atom is -0.496 e. The molecule has 0 fully saturated rings. The van der Waals surface area contributed by atoms with Gasteiger partial charge in [0.25, 0.3) is 5.91 Å². The van der Waals surface area contributed by atoms with E-state index >= 15 is 0 Å². The first kappa shape index (κ1) is 19.0. The number of carbonyl (C=O) groups excluding carboxylic acids is 1. The average molecular weight is 341 g/mol. The molecule has 0 heterocycles. The highest BCUT2D eigenvalue weighted by molar-refractivity contribution is 5.94. The third kappa shape index (κ3) is 5.91. The van der Waals surface area contributed by atoms with Crippen molar-refractivity contribution in [3.8, 4) is 5.75 Å². The predicted octanol–water partition coefficient (Wildman–Crippen LogP) is 3.90. The van der Waals surface area contributed by atoms with E-state index in [0.29, 0.717) is 18.7 Å². The zero-order valence-electron chi connectivity index (χ0n) is 15.5. The molecular formula is C21H27NO3. The molecule has 2 aromatic rings. The Balaban J connectivity index is 1.87. The van der Waals surface area contributed by atoms with E-state index in [-0.39, 0.29) is 12.0 Å². The summed E-state index contributed by atoms with van der Waals surface area (Å²) in [7, 11) is 1.66. The zero-order chi connectivity index (χ0) is 18.2. The van der Waals surface area contributed by atoms with E-state index < -0.39 is 0 Å². The summed E-state index contributed by atoms with van der Waals surface area (Å²) >= 11 is 0. The quantitative estimate of drug-likeness (QED) is 0.792. The van der Waals surface area contributed by atoms with Crippen LogP contribution in [0.4, 0.5) is 0 Å². The highest BCUT2D eigenvalue weighted by atomic mass is 16.5. The van der Waals surface area contributed by atoms with Crippen LogP contribution < -0.4 is 10.1 Å². The molecule has 0 saturated carbocycles. The van der Waals surface area contributed by atoms with Crippen LogP contribution in [0.3, 0.4) is 0 Å². The van der Waals surface area contributed by atoms with Crippen LogP contribution in [0.15, 0.2) is 42.5 Å². The number of aryl methyl sites for hydroxylation is 1. The van der Waals surface area contributed by atoms with Gasteiger partial charge >= 0.3 is 0 Å². The van der Waals surface area contributed by atoms with Crippen molar-refractivity contribution in [2.24, 2.45) is 0 Å². The van der Waals surface area contributed by atoms with Gasteiger partial charge in [-0.1, -0.05) is 29.8 Å². The van der Waals surface area contributed by atoms with E-state index in [1.165, 1.54) is 5.56 Å². The van der Waals surface area contributed by atoms with Crippen molar-refractivity contribution in [3.05, 3.63) is 64.7 Å². The van der Waals surface area contributed by atoms with Crippen molar-refractivity contribution < 1.29 is 14.3 Å². The molecule has 4 heteroatoms. The minimum absolute atomic E-state index is 0.0667. The van der Waals surface area contributed by atoms with Gasteiger partial charge in [-0.05, 0) is 56.5 Å². The first-order valence-corrected chi connectivity index (χ1v) is 8.62. The number of carbonyl (C=O) groups is 1. The molecule has 25 heavy (non-hydrogen) atoms. The fourth-order valence-electron chi connectivity index (χ4n) is 2.53. The van der Waals surface area contributed by atoms with Gasteiger partial charge in [0, 0.05) is 12.1 Å². The molecule has 1 amide bonds. The fraction of sp³-hybridized carbons (Fsp3) is 0.381. The molecule has 0 aliphatic carbocycles. The van der Waals surface area contributed by atoms with Crippen molar-refractivity contribution in [2.45, 2.75) is 39.9 Å². The van der Waals surface area contributed by atoms with Crippen molar-refractivity contribution >= 4 is 5.91 Å². The Morgan fingerprint density at radius 2 is 1.84 bits per heavy atom. The van der Waals surface area contributed by atoms with Crippen LogP contribution >= 0.6 is 0 Å². The number of nitrogens with one attached hydrogen (secondary N) is 1. The smallest absolute Gasteiger partial charge is 0.251 e. The van der Waals surface area contributed by atoms with Crippen molar-refractivity contribution in [2.75, 3.05) is 13.7 Å². The van der Waals surface area contributed by atoms with Crippen LogP contribution in [0.25, 0.3) is 0 Å². The Kier molecular flexibility index (Phi) is 7.02. The maximum atomic E-state index is 12.3. The Morgan fingerprint density at radius 1 is 1.12 bits per heavy atom. The minimum atomic E-state index is -0.0667. The molecule has 0 bridgehead atoms. The number of ether oxygens (including phenoxy) is 2. The topological polar surface area (TPSA) is 47.6 Å². The summed E-state index contributed by atoms with van der Waals surface area (Å²) in [5.41, 5.74) is 4.00. The van der Waals surface area contributed by atoms with Crippen LogP contribution in [0, 0.1) is 6.92 Å². The molecule has 1 N–H and O–H groups in total. The van der Waals surface area contributed by atoms with Crippen LogP contribution in [-0.4, -0.2) is 25.7 Å². The van der Waals surface area contributed by atoms with Gasteiger partial charge < -0.3 is 14.8 Å². The summed E-state index contributed by atoms with van der Waals surface area (Å²) in [6.45, 7) is 7.19. The van der Waals surface area contributed by atoms with Crippen molar-refractivity contribution in [1.29, 1.82) is 0 Å². The molecule has 0 atom stereocenters. The SMILES string of the molecule is COc1ccc(C)cc1CCNC(=O)c1ccc(COC(C)C)cc1. The number of rotatable bonds is 8. The lowest BCUT2D eigenvalue weighted by molar-refractivity contribution is 0.0657. The van der Waals surface area contributed by atoms with Gasteiger partial charge in [-0.2, -0.15) is 0 Å². The fourth-order valence-corrected chi connectivity index (χ4v) is 2.53. The predicted molar refractivity (Wildman–Crippen MR) is 100 cm³/mol. The van der Waals surface area contributed by atoms with E-state index in [9.17, 15) is 4.79 Å². The Morgan fingerprint density at radius 3 is 2.48 bits per heavy atom. The Hall–Kier alpha value is -2.33. The lowest BCUT2D eigenvalue weighted by Gasteiger charge is -2.11. The van der Waals surface area contributed by atoms with E-state index in [0.717, 1.165) is 23.3 Å². The lowest BCUT2D eigenvalue weighted by atomic mass is 10.1. The summed E-state index contributed by atoms with van der Waals surface area (Å²) in [5.74, 6) is 0.789. The van der Waals surface area contributed by atoms with Gasteiger partial charge in [0.2, 0.25) is 0 Å². The molecule has 0 saturated heterocycles. The third-order valence-corrected chi connectivity index (χ3v) is 3.92. The maximum Gasteiger partial charge on any atom is 0.251 e. The van der Waals surface area contributed by atoms with Gasteiger partial charge in [-0.15, -0.1) is 0 Å². The van der Waals surface area contributed by atoms with E-state index in [2.05, 4.69) is 11.4 Å². The van der Waals surface area contributed by atoms with Crippen LogP contribution in [-0.2, 0) is 17.8 Å². The number of benzene rings is 2. The lowest BCUT2D eigenvalue weighted by Crippen LogP contribution is -2.25. The highest BCUT2D eigenvalue weighted by Gasteiger charge is 2.07. The Labute approximate surface area is 150 Å². The number of amides is 1. The third-order valence-electron chi connectivity index (χ3n) is 3.92. The molecule has 0 aliphatic heterocycles. The molecule has 0 spiro atoms. The van der Waals surface area contributed by atoms with Gasteiger partial charge in [0.1, 0.15) is 5.75 Å². The maximum absolute atomic E-state index is 12.3. The Bertz CT molecular complexity index is 693. The van der Waals surface area contributed by atoms with E-state index in [1.54, 1.807) is 7.11 Å². The highest BCUT2D eigenvalue weighted by Crippen LogP contribution is 2.19. The summed E-state index contributed by atoms with van der Waals surface area (Å²) in [4.78, 5) is 12.3. The largest absolute Gasteiger partial charge is 0.496 e. The van der Waals surface area contributed by atoms with E-state index in [1.807, 2.05) is 57.2 Å². The molecular weight excluding hydrogens is 314 g/mol. The van der Waals surface area contributed by atoms with Crippen LogP contribution in [0.5, 0.6) is 5.75 Å². The first-order chi connectivity index (χ1) is 12.0. The second-order valence-corrected chi connectivity index (χ2v) is 6.38. The second kappa shape index (κ2) is 9.23. The normalized spacial score (nSPS) is 10.8. The number of hydrogen-bond donors (Lipinski definition) is 1. The molecule has 2 rings (SSSR count). The van der Waals surface area contributed by atoms with Gasteiger partial charge in [0.15, 0.2) is 0 Å². The first-order valence-electron chi connectivity index (χ1n) is 8.62. The standard InChI is InChI=1S/C21H27NO3/c1-15(2)25-14-17-6-8-18(9-7-17)21(23)22-12-11-19-13-16(3)5-10-20(19)24-4/h5-10,13,15H,11-12,14H2,1-4H3,(H,22,23). The van der Waals surface area contributed by atoms with Crippen molar-refractivity contribution in [1.82, 2.24) is 5.32 Å². The number of methoxy groups -OCH3 is 1. The average Bonchev–Trinajstić information content (AvgIpc) is 2.60. The monoisotopic (exact) mass is 341 g/mol. The zero-order valence-corrected chi connectivity index (χ0v) is 15.5. The molecule has 134 valence electrons. The van der Waals surface area contributed by atoms with Gasteiger partial charge in [-0.25, -0.2) is 0 Å². The second-order valence-electron chi connectivity index (χ2n) is 6.38. The van der Waals surface area contributed by atoms with Crippen LogP contribution in [0.2, 0.25) is 0 Å². The number of hydrogen-bond acceptors (Lipinski definition) is 3. The summed E-state index contributed by atoms with van der Waals surface area (Å²) in [5, 5.41) is 2.96. The van der Waals surface area contributed by atoms with Gasteiger partial charge in [0.05, 0.1) is 19.8 Å². The molecule has 0 radical (unpaired) electrons. The molecule has 0 aromatic heterocycles. The summed E-state index contributed by atoms with van der Waals surface area (Å²) < 4.78 is 10.9. The molecule has 0 unspecified atom stereocenters. The van der Waals surface area contributed by atoms with Crippen LogP contribution in [0.1, 0.15) is 40.9 Å². The summed E-state index contributed by atoms with van der Waals surface area (Å²) in [6, 6.07) is 13.6. The molecule has 2 aromatic carbocycles. The van der Waals surface area contributed by atoms with Gasteiger partial charge in [-0.3, -0.25) is 4.79 Å². The molecule has 0 aliphatic rings. The van der Waals surface area contributed by atoms with Crippen molar-refractivity contribution in [3.63, 3.8) is 0 Å². The summed E-state index contributed by atoms with van der Waals surface area (Å²) in [6.07, 6.45) is 0.929. The molecule has 4 nitrogen and oxygen atoms in total. The van der Waals surface area contributed by atoms with E-state index in [4.69, 9.17) is 9.47 Å².